The SMILES string of the molecule is C=C(CCCCCCCCCCCCCCCCCCCCCCCCCCCCCCCCCCCCCCCC(N)=O)C(N)=O. The van der Waals surface area contributed by atoms with E-state index >= 15 is 0 Å². The number of amides is 2. The summed E-state index contributed by atoms with van der Waals surface area (Å²) in [7, 11) is 0. The summed E-state index contributed by atoms with van der Waals surface area (Å²) < 4.78 is 0. The van der Waals surface area contributed by atoms with Crippen molar-refractivity contribution < 1.29 is 9.59 Å². The van der Waals surface area contributed by atoms with E-state index in [0.717, 1.165) is 25.7 Å². The predicted molar refractivity (Wildman–Crippen MR) is 208 cm³/mol. The molecule has 0 atom stereocenters. The molecular weight excluding hydrogens is 576 g/mol. The molecule has 0 aliphatic heterocycles. The summed E-state index contributed by atoms with van der Waals surface area (Å²) in [6, 6.07) is 0. The highest BCUT2D eigenvalue weighted by Gasteiger charge is 2.01. The minimum Gasteiger partial charge on any atom is -0.370 e. The molecule has 0 aliphatic carbocycles. The predicted octanol–water partition coefficient (Wildman–Crippen LogP) is 13.7. The molecule has 0 rings (SSSR count). The highest BCUT2D eigenvalue weighted by Crippen LogP contribution is 2.18. The summed E-state index contributed by atoms with van der Waals surface area (Å²) in [4.78, 5) is 21.7. The van der Waals surface area contributed by atoms with Gasteiger partial charge >= 0.3 is 0 Å². The van der Waals surface area contributed by atoms with Crippen molar-refractivity contribution in [1.82, 2.24) is 0 Å². The molecule has 2 amide bonds. The minimum atomic E-state index is -0.340. The molecule has 0 aromatic heterocycles. The molecule has 0 aromatic rings. The van der Waals surface area contributed by atoms with Gasteiger partial charge in [0, 0.05) is 12.0 Å². The first-order valence-electron chi connectivity index (χ1n) is 21.3. The Morgan fingerprint density at radius 3 is 0.574 bits per heavy atom. The second-order valence-corrected chi connectivity index (χ2v) is 15.0. The number of hydrogen-bond acceptors (Lipinski definition) is 2. The monoisotopic (exact) mass is 661 g/mol. The fourth-order valence-corrected chi connectivity index (χ4v) is 6.95. The Bertz CT molecular complexity index is 677. The van der Waals surface area contributed by atoms with E-state index in [9.17, 15) is 9.59 Å². The van der Waals surface area contributed by atoms with E-state index in [-0.39, 0.29) is 11.8 Å². The van der Waals surface area contributed by atoms with E-state index in [1.807, 2.05) is 0 Å². The summed E-state index contributed by atoms with van der Waals surface area (Å²) in [5, 5.41) is 0. The maximum Gasteiger partial charge on any atom is 0.244 e. The van der Waals surface area contributed by atoms with Gasteiger partial charge < -0.3 is 11.5 Å². The zero-order valence-corrected chi connectivity index (χ0v) is 31.8. The van der Waals surface area contributed by atoms with E-state index in [4.69, 9.17) is 11.5 Å². The summed E-state index contributed by atoms with van der Waals surface area (Å²) in [6.07, 6.45) is 52.6. The van der Waals surface area contributed by atoms with Crippen LogP contribution in [0.1, 0.15) is 250 Å². The van der Waals surface area contributed by atoms with Crippen LogP contribution in [0, 0.1) is 0 Å². The highest BCUT2D eigenvalue weighted by molar-refractivity contribution is 5.91. The summed E-state index contributed by atoms with van der Waals surface area (Å²) in [5.41, 5.74) is 11.0. The van der Waals surface area contributed by atoms with E-state index in [1.54, 1.807) is 0 Å². The molecule has 47 heavy (non-hydrogen) atoms. The third kappa shape index (κ3) is 40.8. The van der Waals surface area contributed by atoms with E-state index in [2.05, 4.69) is 6.58 Å². The van der Waals surface area contributed by atoms with Crippen molar-refractivity contribution in [3.8, 4) is 0 Å². The standard InChI is InChI=1S/C43H84N2O2/c1-41(43(45)47)39-37-35-33-31-29-27-25-23-21-19-17-15-13-11-9-7-5-3-2-4-6-8-10-12-14-16-18-20-22-24-26-28-30-32-34-36-38-40-42(44)46/h1-40H2,(H2,44,46)(H2,45,47). The van der Waals surface area contributed by atoms with Crippen molar-refractivity contribution in [2.24, 2.45) is 11.5 Å². The molecule has 278 valence electrons. The first-order chi connectivity index (χ1) is 23.0. The maximum atomic E-state index is 10.9. The lowest BCUT2D eigenvalue weighted by Gasteiger charge is -2.05. The van der Waals surface area contributed by atoms with Crippen LogP contribution in [0.25, 0.3) is 0 Å². The molecule has 4 heteroatoms. The number of carbonyl (C=O) groups excluding carboxylic acids is 2. The highest BCUT2D eigenvalue weighted by atomic mass is 16.1. The number of primary amides is 2. The lowest BCUT2D eigenvalue weighted by atomic mass is 10.0. The Balaban J connectivity index is 3.07. The van der Waals surface area contributed by atoms with E-state index in [1.165, 1.54) is 218 Å². The fraction of sp³-hybridized carbons (Fsp3) is 0.907. The Kier molecular flexibility index (Phi) is 38.0. The molecule has 0 spiro atoms. The van der Waals surface area contributed by atoms with Gasteiger partial charge in [0.25, 0.3) is 0 Å². The lowest BCUT2D eigenvalue weighted by Crippen LogP contribution is -2.12. The third-order valence-corrected chi connectivity index (χ3v) is 10.3. The van der Waals surface area contributed by atoms with Gasteiger partial charge in [-0.05, 0) is 19.3 Å². The van der Waals surface area contributed by atoms with Gasteiger partial charge in [-0.2, -0.15) is 0 Å². The molecule has 0 aromatic carbocycles. The van der Waals surface area contributed by atoms with Crippen LogP contribution in [-0.4, -0.2) is 11.8 Å². The van der Waals surface area contributed by atoms with Gasteiger partial charge in [-0.15, -0.1) is 0 Å². The second-order valence-electron chi connectivity index (χ2n) is 15.0. The van der Waals surface area contributed by atoms with Crippen LogP contribution in [0.4, 0.5) is 0 Å². The molecule has 0 saturated carbocycles. The van der Waals surface area contributed by atoms with Crippen molar-refractivity contribution in [3.05, 3.63) is 12.2 Å². The van der Waals surface area contributed by atoms with Gasteiger partial charge in [0.1, 0.15) is 0 Å². The van der Waals surface area contributed by atoms with Gasteiger partial charge in [-0.1, -0.05) is 231 Å². The van der Waals surface area contributed by atoms with Crippen molar-refractivity contribution in [2.45, 2.75) is 250 Å². The van der Waals surface area contributed by atoms with Crippen molar-refractivity contribution in [3.63, 3.8) is 0 Å². The van der Waals surface area contributed by atoms with Crippen LogP contribution < -0.4 is 11.5 Å². The number of rotatable bonds is 41. The molecule has 0 heterocycles. The van der Waals surface area contributed by atoms with Crippen LogP contribution >= 0.6 is 0 Å². The largest absolute Gasteiger partial charge is 0.370 e. The lowest BCUT2D eigenvalue weighted by molar-refractivity contribution is -0.118. The third-order valence-electron chi connectivity index (χ3n) is 10.3. The molecule has 0 radical (unpaired) electrons. The molecule has 0 saturated heterocycles. The van der Waals surface area contributed by atoms with Crippen LogP contribution in [0.3, 0.4) is 0 Å². The van der Waals surface area contributed by atoms with Crippen LogP contribution in [0.15, 0.2) is 12.2 Å². The normalized spacial score (nSPS) is 11.3. The molecule has 0 aliphatic rings. The number of unbranched alkanes of at least 4 members (excludes halogenated alkanes) is 36. The average Bonchev–Trinajstić information content (AvgIpc) is 3.05. The van der Waals surface area contributed by atoms with Gasteiger partial charge in [0.15, 0.2) is 0 Å². The first kappa shape index (κ1) is 45.7. The molecule has 4 N–H and O–H groups in total. The number of hydrogen-bond donors (Lipinski definition) is 2. The van der Waals surface area contributed by atoms with Gasteiger partial charge in [-0.3, -0.25) is 9.59 Å². The Labute approximate surface area is 294 Å². The number of nitrogens with two attached hydrogens (primary N) is 2. The molecule has 0 bridgehead atoms. The molecule has 0 fully saturated rings. The molecule has 0 unspecified atom stereocenters. The number of carbonyl (C=O) groups is 2. The van der Waals surface area contributed by atoms with Crippen molar-refractivity contribution in [2.75, 3.05) is 0 Å². The van der Waals surface area contributed by atoms with Crippen molar-refractivity contribution >= 4 is 11.8 Å². The smallest absolute Gasteiger partial charge is 0.244 e. The van der Waals surface area contributed by atoms with E-state index < -0.39 is 0 Å². The second kappa shape index (κ2) is 39.1. The van der Waals surface area contributed by atoms with E-state index in [0.29, 0.717) is 12.0 Å². The van der Waals surface area contributed by atoms with Crippen LogP contribution in [0.2, 0.25) is 0 Å². The average molecular weight is 661 g/mol. The maximum absolute atomic E-state index is 10.9. The van der Waals surface area contributed by atoms with Gasteiger partial charge in [0.05, 0.1) is 0 Å². The first-order valence-corrected chi connectivity index (χ1v) is 21.3. The topological polar surface area (TPSA) is 86.2 Å². The zero-order valence-electron chi connectivity index (χ0n) is 31.8. The minimum absolute atomic E-state index is 0.152. The van der Waals surface area contributed by atoms with Gasteiger partial charge in [0.2, 0.25) is 11.8 Å². The Morgan fingerprint density at radius 2 is 0.426 bits per heavy atom. The summed E-state index contributed by atoms with van der Waals surface area (Å²) in [6.45, 7) is 3.72. The van der Waals surface area contributed by atoms with Crippen LogP contribution in [-0.2, 0) is 9.59 Å². The molecular formula is C43H84N2O2. The summed E-state index contributed by atoms with van der Waals surface area (Å²) in [5.74, 6) is -0.492. The zero-order chi connectivity index (χ0) is 34.3. The van der Waals surface area contributed by atoms with Crippen LogP contribution in [0.5, 0.6) is 0 Å². The van der Waals surface area contributed by atoms with Crippen molar-refractivity contribution in [1.29, 1.82) is 0 Å². The molecule has 4 nitrogen and oxygen atoms in total. The Hall–Kier alpha value is -1.32. The fourth-order valence-electron chi connectivity index (χ4n) is 6.95. The van der Waals surface area contributed by atoms with Gasteiger partial charge in [-0.25, -0.2) is 0 Å². The quantitative estimate of drug-likeness (QED) is 0.0505. The Morgan fingerprint density at radius 1 is 0.277 bits per heavy atom. The summed E-state index contributed by atoms with van der Waals surface area (Å²) >= 11 is 0.